The van der Waals surface area contributed by atoms with E-state index in [2.05, 4.69) is 10.6 Å². The van der Waals surface area contributed by atoms with Gasteiger partial charge in [-0.1, -0.05) is 30.6 Å². The molecule has 0 aliphatic heterocycles. The fourth-order valence-electron chi connectivity index (χ4n) is 2.73. The molecule has 8 nitrogen and oxygen atoms in total. The number of aromatic nitrogens is 1. The van der Waals surface area contributed by atoms with Gasteiger partial charge < -0.3 is 14.6 Å². The summed E-state index contributed by atoms with van der Waals surface area (Å²) < 4.78 is 6.31. The number of amides is 3. The van der Waals surface area contributed by atoms with Crippen molar-refractivity contribution in [2.45, 2.75) is 58.0 Å². The monoisotopic (exact) mass is 369 g/mol. The number of hydrogen-bond acceptors (Lipinski definition) is 6. The zero-order valence-corrected chi connectivity index (χ0v) is 15.0. The first kappa shape index (κ1) is 19.2. The highest BCUT2D eigenvalue weighted by Crippen LogP contribution is 2.17. The zero-order chi connectivity index (χ0) is 18.2. The Labute approximate surface area is 149 Å². The van der Waals surface area contributed by atoms with Crippen molar-refractivity contribution in [2.75, 3.05) is 6.61 Å². The van der Waals surface area contributed by atoms with Gasteiger partial charge in [0, 0.05) is 23.7 Å². The standard InChI is InChI=1S/C16H23N3O5S/c1-11-10-25-16(23)19(11)8-7-14(21)24-9-13(20)18-15(22)17-12-5-3-2-4-6-12/h10,12H,2-9H2,1H3,(H2,17,18,20,22). The van der Waals surface area contributed by atoms with Crippen molar-refractivity contribution in [3.8, 4) is 0 Å². The van der Waals surface area contributed by atoms with Crippen LogP contribution in [0.3, 0.4) is 0 Å². The van der Waals surface area contributed by atoms with Gasteiger partial charge in [0.1, 0.15) is 0 Å². The molecular weight excluding hydrogens is 346 g/mol. The van der Waals surface area contributed by atoms with E-state index in [1.54, 1.807) is 12.3 Å². The van der Waals surface area contributed by atoms with E-state index in [4.69, 9.17) is 4.74 Å². The number of carbonyl (C=O) groups is 3. The van der Waals surface area contributed by atoms with Crippen molar-refractivity contribution in [1.82, 2.24) is 15.2 Å². The lowest BCUT2D eigenvalue weighted by atomic mass is 9.96. The second-order valence-corrected chi connectivity index (χ2v) is 6.88. The smallest absolute Gasteiger partial charge is 0.321 e. The zero-order valence-electron chi connectivity index (χ0n) is 14.2. The molecule has 0 radical (unpaired) electrons. The maximum absolute atomic E-state index is 11.7. The minimum Gasteiger partial charge on any atom is -0.456 e. The van der Waals surface area contributed by atoms with Crippen molar-refractivity contribution < 1.29 is 19.1 Å². The Morgan fingerprint density at radius 2 is 2.00 bits per heavy atom. The van der Waals surface area contributed by atoms with Crippen LogP contribution in [-0.4, -0.2) is 35.1 Å². The van der Waals surface area contributed by atoms with Crippen molar-refractivity contribution in [3.05, 3.63) is 20.7 Å². The fourth-order valence-corrected chi connectivity index (χ4v) is 3.49. The highest BCUT2D eigenvalue weighted by atomic mass is 32.1. The molecule has 2 N–H and O–H groups in total. The van der Waals surface area contributed by atoms with Crippen molar-refractivity contribution >= 4 is 29.2 Å². The summed E-state index contributed by atoms with van der Waals surface area (Å²) in [5.41, 5.74) is 0.778. The Kier molecular flexibility index (Phi) is 7.17. The van der Waals surface area contributed by atoms with E-state index < -0.39 is 24.5 Å². The van der Waals surface area contributed by atoms with E-state index in [-0.39, 0.29) is 23.9 Å². The molecule has 0 bridgehead atoms. The largest absolute Gasteiger partial charge is 0.456 e. The Bertz CT molecular complexity index is 676. The Balaban J connectivity index is 1.64. The molecule has 25 heavy (non-hydrogen) atoms. The number of hydrogen-bond donors (Lipinski definition) is 2. The predicted octanol–water partition coefficient (Wildman–Crippen LogP) is 1.31. The van der Waals surface area contributed by atoms with E-state index >= 15 is 0 Å². The van der Waals surface area contributed by atoms with Crippen LogP contribution in [0, 0.1) is 6.92 Å². The highest BCUT2D eigenvalue weighted by molar-refractivity contribution is 7.07. The van der Waals surface area contributed by atoms with Gasteiger partial charge in [0.05, 0.1) is 6.42 Å². The summed E-state index contributed by atoms with van der Waals surface area (Å²) in [5, 5.41) is 6.61. The van der Waals surface area contributed by atoms with Crippen LogP contribution in [-0.2, 0) is 20.9 Å². The molecule has 9 heteroatoms. The van der Waals surface area contributed by atoms with Crippen LogP contribution < -0.4 is 15.5 Å². The molecule has 0 aromatic carbocycles. The van der Waals surface area contributed by atoms with Gasteiger partial charge in [-0.05, 0) is 19.8 Å². The second-order valence-electron chi connectivity index (χ2n) is 6.06. The number of nitrogens with one attached hydrogen (secondary N) is 2. The topological polar surface area (TPSA) is 106 Å². The summed E-state index contributed by atoms with van der Waals surface area (Å²) in [7, 11) is 0. The third-order valence-corrected chi connectivity index (χ3v) is 4.95. The van der Waals surface area contributed by atoms with Crippen molar-refractivity contribution in [2.24, 2.45) is 0 Å². The van der Waals surface area contributed by atoms with Gasteiger partial charge >= 0.3 is 16.9 Å². The number of aryl methyl sites for hydroxylation is 1. The molecule has 1 aliphatic carbocycles. The normalized spacial score (nSPS) is 14.8. The molecule has 1 saturated carbocycles. The van der Waals surface area contributed by atoms with Crippen LogP contribution in [0.1, 0.15) is 44.2 Å². The molecule has 138 valence electrons. The number of nitrogens with zero attached hydrogens (tertiary/aromatic N) is 1. The van der Waals surface area contributed by atoms with Gasteiger partial charge in [-0.3, -0.25) is 19.7 Å². The first-order valence-corrected chi connectivity index (χ1v) is 9.24. The van der Waals surface area contributed by atoms with Gasteiger partial charge in [0.25, 0.3) is 5.91 Å². The van der Waals surface area contributed by atoms with E-state index in [1.807, 2.05) is 0 Å². The molecule has 0 atom stereocenters. The van der Waals surface area contributed by atoms with Crippen LogP contribution in [0.4, 0.5) is 4.79 Å². The van der Waals surface area contributed by atoms with E-state index in [0.29, 0.717) is 0 Å². The minimum atomic E-state index is -0.675. The lowest BCUT2D eigenvalue weighted by Crippen LogP contribution is -2.46. The average molecular weight is 369 g/mol. The molecule has 1 aromatic heterocycles. The van der Waals surface area contributed by atoms with Gasteiger partial charge in [-0.15, -0.1) is 0 Å². The third-order valence-electron chi connectivity index (χ3n) is 4.07. The number of urea groups is 1. The summed E-state index contributed by atoms with van der Waals surface area (Å²) in [6.45, 7) is 1.47. The lowest BCUT2D eigenvalue weighted by molar-refractivity contribution is -0.148. The number of carbonyl (C=O) groups excluding carboxylic acids is 3. The summed E-state index contributed by atoms with van der Waals surface area (Å²) in [6, 6.07) is -0.468. The molecule has 3 amide bonds. The van der Waals surface area contributed by atoms with Crippen molar-refractivity contribution in [3.63, 3.8) is 0 Å². The van der Waals surface area contributed by atoms with Gasteiger partial charge in [0.15, 0.2) is 6.61 Å². The van der Waals surface area contributed by atoms with Crippen molar-refractivity contribution in [1.29, 1.82) is 0 Å². The maximum Gasteiger partial charge on any atom is 0.321 e. The molecule has 1 aliphatic rings. The molecule has 2 rings (SSSR count). The van der Waals surface area contributed by atoms with Gasteiger partial charge in [0.2, 0.25) is 0 Å². The molecule has 1 heterocycles. The summed E-state index contributed by atoms with van der Waals surface area (Å²) >= 11 is 1.07. The summed E-state index contributed by atoms with van der Waals surface area (Å²) in [6.07, 6.45) is 5.13. The number of thiazole rings is 1. The molecule has 1 aromatic rings. The number of rotatable bonds is 6. The van der Waals surface area contributed by atoms with Crippen LogP contribution in [0.25, 0.3) is 0 Å². The third kappa shape index (κ3) is 6.33. The maximum atomic E-state index is 11.7. The summed E-state index contributed by atoms with van der Waals surface area (Å²) in [5.74, 6) is -1.27. The van der Waals surface area contributed by atoms with E-state index in [9.17, 15) is 19.2 Å². The Morgan fingerprint density at radius 3 is 2.64 bits per heavy atom. The van der Waals surface area contributed by atoms with Gasteiger partial charge in [-0.2, -0.15) is 0 Å². The number of imide groups is 1. The molecule has 0 spiro atoms. The quantitative estimate of drug-likeness (QED) is 0.735. The minimum absolute atomic E-state index is 0.0149. The summed E-state index contributed by atoms with van der Waals surface area (Å²) in [4.78, 5) is 46.4. The predicted molar refractivity (Wildman–Crippen MR) is 92.4 cm³/mol. The van der Waals surface area contributed by atoms with E-state index in [1.165, 1.54) is 11.0 Å². The molecule has 1 fully saturated rings. The second kappa shape index (κ2) is 9.36. The average Bonchev–Trinajstić information content (AvgIpc) is 2.90. The SMILES string of the molecule is Cc1csc(=O)n1CCC(=O)OCC(=O)NC(=O)NC1CCCCC1. The molecule has 0 saturated heterocycles. The van der Waals surface area contributed by atoms with Gasteiger partial charge in [-0.25, -0.2) is 4.79 Å². The molecule has 0 unspecified atom stereocenters. The van der Waals surface area contributed by atoms with E-state index in [0.717, 1.165) is 42.7 Å². The van der Waals surface area contributed by atoms with Crippen LogP contribution in [0.15, 0.2) is 10.2 Å². The molecular formula is C16H23N3O5S. The Hall–Kier alpha value is -2.16. The fraction of sp³-hybridized carbons (Fsp3) is 0.625. The van der Waals surface area contributed by atoms with Crippen LogP contribution in [0.2, 0.25) is 0 Å². The lowest BCUT2D eigenvalue weighted by Gasteiger charge is -2.22. The van der Waals surface area contributed by atoms with Crippen LogP contribution >= 0.6 is 11.3 Å². The Morgan fingerprint density at radius 1 is 1.28 bits per heavy atom. The first-order chi connectivity index (χ1) is 12.0. The number of ether oxygens (including phenoxy) is 1. The van der Waals surface area contributed by atoms with Crippen LogP contribution in [0.5, 0.6) is 0 Å². The number of esters is 1. The first-order valence-electron chi connectivity index (χ1n) is 8.36. The highest BCUT2D eigenvalue weighted by Gasteiger charge is 2.17.